The summed E-state index contributed by atoms with van der Waals surface area (Å²) in [6, 6.07) is 9.67. The van der Waals surface area contributed by atoms with Gasteiger partial charge in [-0.25, -0.2) is 0 Å². The second-order valence-electron chi connectivity index (χ2n) is 6.87. The van der Waals surface area contributed by atoms with Crippen LogP contribution in [-0.4, -0.2) is 43.8 Å². The lowest BCUT2D eigenvalue weighted by molar-refractivity contribution is 0.0774. The lowest BCUT2D eigenvalue weighted by Crippen LogP contribution is -2.30. The van der Waals surface area contributed by atoms with E-state index in [1.807, 2.05) is 35.2 Å². The molecule has 1 fully saturated rings. The predicted octanol–water partition coefficient (Wildman–Crippen LogP) is 2.80. The van der Waals surface area contributed by atoms with E-state index in [1.165, 1.54) is 0 Å². The Morgan fingerprint density at radius 1 is 1.32 bits per heavy atom. The standard InChI is InChI=1S/C20H23N5O3/c1-3-18-22-21-13-25(18)15-9-10-24(11-15)20(26)19-17(14(2)28-23-19)12-27-16-7-5-4-6-8-16/h4-8,13,15H,3,9-12H2,1-2H3. The first-order chi connectivity index (χ1) is 13.7. The van der Waals surface area contributed by atoms with Gasteiger partial charge in [-0.2, -0.15) is 0 Å². The summed E-state index contributed by atoms with van der Waals surface area (Å²) < 4.78 is 13.2. The highest BCUT2D eigenvalue weighted by Gasteiger charge is 2.32. The molecule has 0 aliphatic carbocycles. The maximum atomic E-state index is 13.1. The smallest absolute Gasteiger partial charge is 0.276 e. The van der Waals surface area contributed by atoms with Crippen LogP contribution in [0.4, 0.5) is 0 Å². The first-order valence-corrected chi connectivity index (χ1v) is 9.48. The molecular formula is C20H23N5O3. The summed E-state index contributed by atoms with van der Waals surface area (Å²) in [5.41, 5.74) is 1.02. The summed E-state index contributed by atoms with van der Waals surface area (Å²) in [5.74, 6) is 2.15. The zero-order chi connectivity index (χ0) is 19.5. The molecule has 0 bridgehead atoms. The van der Waals surface area contributed by atoms with Crippen LogP contribution >= 0.6 is 0 Å². The van der Waals surface area contributed by atoms with Gasteiger partial charge in [-0.1, -0.05) is 30.3 Å². The molecular weight excluding hydrogens is 358 g/mol. The number of carbonyl (C=O) groups excluding carboxylic acids is 1. The van der Waals surface area contributed by atoms with Crippen LogP contribution in [0.2, 0.25) is 0 Å². The van der Waals surface area contributed by atoms with Crippen molar-refractivity contribution in [3.8, 4) is 5.75 Å². The van der Waals surface area contributed by atoms with Gasteiger partial charge in [0.1, 0.15) is 30.3 Å². The summed E-state index contributed by atoms with van der Waals surface area (Å²) in [6.45, 7) is 5.36. The quantitative estimate of drug-likeness (QED) is 0.653. The number of carbonyl (C=O) groups is 1. The molecule has 0 spiro atoms. The minimum atomic E-state index is -0.128. The summed E-state index contributed by atoms with van der Waals surface area (Å²) in [5, 5.41) is 12.2. The predicted molar refractivity (Wildman–Crippen MR) is 101 cm³/mol. The van der Waals surface area contributed by atoms with Gasteiger partial charge in [0, 0.05) is 19.5 Å². The van der Waals surface area contributed by atoms with Crippen LogP contribution in [0.1, 0.15) is 47.0 Å². The average Bonchev–Trinajstić information content (AvgIpc) is 3.46. The van der Waals surface area contributed by atoms with E-state index in [9.17, 15) is 4.79 Å². The number of nitrogens with zero attached hydrogens (tertiary/aromatic N) is 5. The highest BCUT2D eigenvalue weighted by atomic mass is 16.5. The number of aromatic nitrogens is 4. The third kappa shape index (κ3) is 3.49. The van der Waals surface area contributed by atoms with Gasteiger partial charge in [-0.05, 0) is 25.5 Å². The number of amides is 1. The van der Waals surface area contributed by atoms with Crippen molar-refractivity contribution in [2.24, 2.45) is 0 Å². The van der Waals surface area contributed by atoms with Crippen LogP contribution in [0, 0.1) is 6.92 Å². The van der Waals surface area contributed by atoms with E-state index in [0.29, 0.717) is 30.1 Å². The molecule has 1 aliphatic rings. The van der Waals surface area contributed by atoms with E-state index >= 15 is 0 Å². The van der Waals surface area contributed by atoms with Crippen LogP contribution in [0.15, 0.2) is 41.2 Å². The van der Waals surface area contributed by atoms with Crippen molar-refractivity contribution in [2.45, 2.75) is 39.3 Å². The molecule has 0 saturated carbocycles. The van der Waals surface area contributed by atoms with Crippen molar-refractivity contribution in [3.05, 3.63) is 59.5 Å². The number of ether oxygens (including phenoxy) is 1. The first-order valence-electron chi connectivity index (χ1n) is 9.48. The fourth-order valence-electron chi connectivity index (χ4n) is 3.53. The summed E-state index contributed by atoms with van der Waals surface area (Å²) in [7, 11) is 0. The van der Waals surface area contributed by atoms with Crippen molar-refractivity contribution in [1.29, 1.82) is 0 Å². The molecule has 0 radical (unpaired) electrons. The zero-order valence-corrected chi connectivity index (χ0v) is 16.0. The second kappa shape index (κ2) is 7.84. The van der Waals surface area contributed by atoms with Gasteiger partial charge in [0.15, 0.2) is 5.69 Å². The summed E-state index contributed by atoms with van der Waals surface area (Å²) in [4.78, 5) is 14.9. The molecule has 1 saturated heterocycles. The van der Waals surface area contributed by atoms with E-state index in [0.717, 1.165) is 24.4 Å². The summed E-state index contributed by atoms with van der Waals surface area (Å²) in [6.07, 6.45) is 3.42. The summed E-state index contributed by atoms with van der Waals surface area (Å²) >= 11 is 0. The Morgan fingerprint density at radius 3 is 2.93 bits per heavy atom. The van der Waals surface area contributed by atoms with Crippen LogP contribution < -0.4 is 4.74 Å². The maximum absolute atomic E-state index is 13.1. The number of rotatable bonds is 6. The number of aryl methyl sites for hydroxylation is 2. The Kier molecular flexibility index (Phi) is 5.10. The average molecular weight is 381 g/mol. The van der Waals surface area contributed by atoms with Crippen LogP contribution in [-0.2, 0) is 13.0 Å². The third-order valence-corrected chi connectivity index (χ3v) is 5.12. The largest absolute Gasteiger partial charge is 0.489 e. The Balaban J connectivity index is 1.47. The van der Waals surface area contributed by atoms with E-state index in [-0.39, 0.29) is 18.6 Å². The van der Waals surface area contributed by atoms with E-state index in [4.69, 9.17) is 9.26 Å². The molecule has 1 atom stereocenters. The lowest BCUT2D eigenvalue weighted by atomic mass is 10.2. The number of hydrogen-bond donors (Lipinski definition) is 0. The molecule has 1 unspecified atom stereocenters. The van der Waals surface area contributed by atoms with E-state index in [2.05, 4.69) is 26.8 Å². The highest BCUT2D eigenvalue weighted by molar-refractivity contribution is 5.94. The van der Waals surface area contributed by atoms with Crippen molar-refractivity contribution in [1.82, 2.24) is 24.8 Å². The van der Waals surface area contributed by atoms with Crippen LogP contribution in [0.5, 0.6) is 5.75 Å². The molecule has 4 rings (SSSR count). The van der Waals surface area contributed by atoms with Crippen molar-refractivity contribution < 1.29 is 14.1 Å². The first kappa shape index (κ1) is 18.2. The Hall–Kier alpha value is -3.16. The molecule has 1 amide bonds. The van der Waals surface area contributed by atoms with Gasteiger partial charge in [-0.3, -0.25) is 4.79 Å². The Morgan fingerprint density at radius 2 is 2.14 bits per heavy atom. The molecule has 1 aliphatic heterocycles. The van der Waals surface area contributed by atoms with Gasteiger partial charge >= 0.3 is 0 Å². The SMILES string of the molecule is CCc1nncn1C1CCN(C(=O)c2noc(C)c2COc2ccccc2)C1. The fourth-order valence-corrected chi connectivity index (χ4v) is 3.53. The second-order valence-corrected chi connectivity index (χ2v) is 6.87. The molecule has 146 valence electrons. The molecule has 0 N–H and O–H groups in total. The topological polar surface area (TPSA) is 86.3 Å². The molecule has 8 nitrogen and oxygen atoms in total. The van der Waals surface area contributed by atoms with Gasteiger partial charge in [0.2, 0.25) is 0 Å². The third-order valence-electron chi connectivity index (χ3n) is 5.12. The number of likely N-dealkylation sites (tertiary alicyclic amines) is 1. The van der Waals surface area contributed by atoms with Gasteiger partial charge < -0.3 is 18.7 Å². The maximum Gasteiger partial charge on any atom is 0.276 e. The van der Waals surface area contributed by atoms with Gasteiger partial charge in [0.05, 0.1) is 11.6 Å². The molecule has 8 heteroatoms. The normalized spacial score (nSPS) is 16.5. The fraction of sp³-hybridized carbons (Fsp3) is 0.400. The van der Waals surface area contributed by atoms with Crippen molar-refractivity contribution >= 4 is 5.91 Å². The molecule has 3 aromatic rings. The lowest BCUT2D eigenvalue weighted by Gasteiger charge is -2.17. The molecule has 1 aromatic carbocycles. The van der Waals surface area contributed by atoms with Gasteiger partial charge in [-0.15, -0.1) is 10.2 Å². The number of hydrogen-bond acceptors (Lipinski definition) is 6. The monoisotopic (exact) mass is 381 g/mol. The van der Waals surface area contributed by atoms with E-state index < -0.39 is 0 Å². The minimum absolute atomic E-state index is 0.128. The Bertz CT molecular complexity index is 950. The highest BCUT2D eigenvalue weighted by Crippen LogP contribution is 2.26. The molecule has 2 aromatic heterocycles. The zero-order valence-electron chi connectivity index (χ0n) is 16.0. The molecule has 28 heavy (non-hydrogen) atoms. The molecule has 3 heterocycles. The van der Waals surface area contributed by atoms with Crippen LogP contribution in [0.25, 0.3) is 0 Å². The minimum Gasteiger partial charge on any atom is -0.489 e. The van der Waals surface area contributed by atoms with Crippen molar-refractivity contribution in [2.75, 3.05) is 13.1 Å². The number of benzene rings is 1. The van der Waals surface area contributed by atoms with E-state index in [1.54, 1.807) is 13.3 Å². The van der Waals surface area contributed by atoms with Crippen LogP contribution in [0.3, 0.4) is 0 Å². The van der Waals surface area contributed by atoms with Crippen molar-refractivity contribution in [3.63, 3.8) is 0 Å². The number of para-hydroxylation sites is 1. The van der Waals surface area contributed by atoms with Gasteiger partial charge in [0.25, 0.3) is 5.91 Å². The Labute approximate surface area is 163 Å².